The summed E-state index contributed by atoms with van der Waals surface area (Å²) < 4.78 is 0. The zero-order valence-corrected chi connectivity index (χ0v) is 14.7. The predicted molar refractivity (Wildman–Crippen MR) is 94.2 cm³/mol. The molecule has 6 heteroatoms. The molecule has 1 aromatic heterocycles. The molecule has 6 nitrogen and oxygen atoms in total. The maximum atomic E-state index is 12.8. The zero-order chi connectivity index (χ0) is 17.6. The van der Waals surface area contributed by atoms with E-state index in [2.05, 4.69) is 9.97 Å². The third-order valence-corrected chi connectivity index (χ3v) is 5.13. The molecule has 2 aromatic rings. The van der Waals surface area contributed by atoms with Crippen molar-refractivity contribution in [1.82, 2.24) is 19.8 Å². The first kappa shape index (κ1) is 16.0. The molecule has 0 unspecified atom stereocenters. The highest BCUT2D eigenvalue weighted by Gasteiger charge is 2.35. The number of carbonyl (C=O) groups is 2. The second kappa shape index (κ2) is 6.10. The van der Waals surface area contributed by atoms with Crippen molar-refractivity contribution in [2.75, 3.05) is 26.2 Å². The van der Waals surface area contributed by atoms with Gasteiger partial charge in [0.25, 0.3) is 5.91 Å². The molecule has 0 N–H and O–H groups in total. The van der Waals surface area contributed by atoms with Crippen LogP contribution in [0.2, 0.25) is 0 Å². The number of benzene rings is 1. The minimum atomic E-state index is 0.000416. The quantitative estimate of drug-likeness (QED) is 0.839. The Morgan fingerprint density at radius 3 is 2.16 bits per heavy atom. The standard InChI is InChI=1S/C19H22N4O2/c1-12-13(2)21-17-11-15(5-6-16(17)20-12)19(25)23-9-7-22(8-10-23)18(24)14-3-4-14/h5-6,11,14H,3-4,7-10H2,1-2H3. The van der Waals surface area contributed by atoms with Crippen molar-refractivity contribution < 1.29 is 9.59 Å². The van der Waals surface area contributed by atoms with E-state index in [1.54, 1.807) is 0 Å². The highest BCUT2D eigenvalue weighted by molar-refractivity contribution is 5.97. The molecule has 1 aliphatic carbocycles. The number of piperazine rings is 1. The number of aromatic nitrogens is 2. The normalized spacial score (nSPS) is 17.8. The van der Waals surface area contributed by atoms with Crippen molar-refractivity contribution in [2.24, 2.45) is 5.92 Å². The summed E-state index contributed by atoms with van der Waals surface area (Å²) in [5, 5.41) is 0. The van der Waals surface area contributed by atoms with Crippen molar-refractivity contribution in [3.8, 4) is 0 Å². The molecular weight excluding hydrogens is 316 g/mol. The highest BCUT2D eigenvalue weighted by Crippen LogP contribution is 2.31. The lowest BCUT2D eigenvalue weighted by molar-refractivity contribution is -0.134. The van der Waals surface area contributed by atoms with Crippen LogP contribution in [0.15, 0.2) is 18.2 Å². The summed E-state index contributed by atoms with van der Waals surface area (Å²) in [6.07, 6.45) is 2.05. The van der Waals surface area contributed by atoms with Crippen LogP contribution in [0.1, 0.15) is 34.6 Å². The van der Waals surface area contributed by atoms with E-state index in [-0.39, 0.29) is 17.7 Å². The Hall–Kier alpha value is -2.50. The third kappa shape index (κ3) is 3.08. The van der Waals surface area contributed by atoms with Crippen molar-refractivity contribution in [3.63, 3.8) is 0 Å². The van der Waals surface area contributed by atoms with Crippen molar-refractivity contribution in [1.29, 1.82) is 0 Å². The first-order valence-corrected chi connectivity index (χ1v) is 8.86. The van der Waals surface area contributed by atoms with Gasteiger partial charge in [0.2, 0.25) is 5.91 Å². The fraction of sp³-hybridized carbons (Fsp3) is 0.474. The number of hydrogen-bond donors (Lipinski definition) is 0. The number of carbonyl (C=O) groups excluding carboxylic acids is 2. The number of fused-ring (bicyclic) bond motifs is 1. The van der Waals surface area contributed by atoms with Gasteiger partial charge in [-0.1, -0.05) is 0 Å². The fourth-order valence-electron chi connectivity index (χ4n) is 3.26. The van der Waals surface area contributed by atoms with Crippen LogP contribution in [-0.2, 0) is 4.79 Å². The van der Waals surface area contributed by atoms with E-state index in [0.29, 0.717) is 31.7 Å². The first-order chi connectivity index (χ1) is 12.0. The van der Waals surface area contributed by atoms with Crippen molar-refractivity contribution >= 4 is 22.8 Å². The lowest BCUT2D eigenvalue weighted by Gasteiger charge is -2.35. The molecule has 2 fully saturated rings. The van der Waals surface area contributed by atoms with E-state index in [1.807, 2.05) is 41.8 Å². The molecule has 1 saturated carbocycles. The summed E-state index contributed by atoms with van der Waals surface area (Å²) in [6.45, 7) is 6.30. The lowest BCUT2D eigenvalue weighted by Crippen LogP contribution is -2.51. The smallest absolute Gasteiger partial charge is 0.254 e. The van der Waals surface area contributed by atoms with Crippen molar-refractivity contribution in [3.05, 3.63) is 35.2 Å². The van der Waals surface area contributed by atoms with Crippen LogP contribution >= 0.6 is 0 Å². The molecule has 1 aromatic carbocycles. The number of amides is 2. The van der Waals surface area contributed by atoms with E-state index in [9.17, 15) is 9.59 Å². The maximum Gasteiger partial charge on any atom is 0.254 e. The van der Waals surface area contributed by atoms with Gasteiger partial charge in [-0.25, -0.2) is 9.97 Å². The summed E-state index contributed by atoms with van der Waals surface area (Å²) in [6, 6.07) is 5.49. The van der Waals surface area contributed by atoms with Gasteiger partial charge in [-0.05, 0) is 44.9 Å². The fourth-order valence-corrected chi connectivity index (χ4v) is 3.26. The van der Waals surface area contributed by atoms with Gasteiger partial charge in [-0.15, -0.1) is 0 Å². The second-order valence-electron chi connectivity index (χ2n) is 6.99. The summed E-state index contributed by atoms with van der Waals surface area (Å²) in [4.78, 5) is 37.7. The summed E-state index contributed by atoms with van der Waals surface area (Å²) in [5.41, 5.74) is 3.97. The Kier molecular flexibility index (Phi) is 3.90. The predicted octanol–water partition coefficient (Wildman–Crippen LogP) is 1.94. The molecule has 0 bridgehead atoms. The average molecular weight is 338 g/mol. The topological polar surface area (TPSA) is 66.4 Å². The number of rotatable bonds is 2. The summed E-state index contributed by atoms with van der Waals surface area (Å²) >= 11 is 0. The molecule has 0 spiro atoms. The summed E-state index contributed by atoms with van der Waals surface area (Å²) in [7, 11) is 0. The van der Waals surface area contributed by atoms with Crippen LogP contribution in [-0.4, -0.2) is 57.8 Å². The van der Waals surface area contributed by atoms with Gasteiger partial charge in [0.15, 0.2) is 0 Å². The van der Waals surface area contributed by atoms with Gasteiger partial charge in [0.1, 0.15) is 0 Å². The Morgan fingerprint density at radius 1 is 0.920 bits per heavy atom. The van der Waals surface area contributed by atoms with E-state index >= 15 is 0 Å². The molecule has 2 amide bonds. The SMILES string of the molecule is Cc1nc2ccc(C(=O)N3CCN(C(=O)C4CC4)CC3)cc2nc1C. The Balaban J connectivity index is 1.48. The monoisotopic (exact) mass is 338 g/mol. The van der Waals surface area contributed by atoms with Crippen LogP contribution in [0.5, 0.6) is 0 Å². The van der Waals surface area contributed by atoms with Crippen LogP contribution in [0.25, 0.3) is 11.0 Å². The van der Waals surface area contributed by atoms with Gasteiger partial charge in [-0.3, -0.25) is 9.59 Å². The van der Waals surface area contributed by atoms with Gasteiger partial charge in [-0.2, -0.15) is 0 Å². The van der Waals surface area contributed by atoms with Crippen LogP contribution in [0.4, 0.5) is 0 Å². The van der Waals surface area contributed by atoms with Crippen molar-refractivity contribution in [2.45, 2.75) is 26.7 Å². The highest BCUT2D eigenvalue weighted by atomic mass is 16.2. The number of nitrogens with zero attached hydrogens (tertiary/aromatic N) is 4. The maximum absolute atomic E-state index is 12.8. The molecule has 2 heterocycles. The molecule has 0 atom stereocenters. The van der Waals surface area contributed by atoms with E-state index in [1.165, 1.54) is 0 Å². The first-order valence-electron chi connectivity index (χ1n) is 8.86. The zero-order valence-electron chi connectivity index (χ0n) is 14.7. The molecule has 4 rings (SSSR count). The molecule has 0 radical (unpaired) electrons. The van der Waals surface area contributed by atoms with Gasteiger partial charge in [0.05, 0.1) is 22.4 Å². The molecule has 25 heavy (non-hydrogen) atoms. The Bertz CT molecular complexity index is 852. The Labute approximate surface area is 146 Å². The largest absolute Gasteiger partial charge is 0.339 e. The number of aryl methyl sites for hydroxylation is 2. The minimum Gasteiger partial charge on any atom is -0.339 e. The molecule has 130 valence electrons. The molecule has 2 aliphatic rings. The lowest BCUT2D eigenvalue weighted by atomic mass is 10.1. The van der Waals surface area contributed by atoms with E-state index in [4.69, 9.17) is 0 Å². The van der Waals surface area contributed by atoms with Crippen LogP contribution in [0.3, 0.4) is 0 Å². The van der Waals surface area contributed by atoms with E-state index in [0.717, 1.165) is 35.3 Å². The minimum absolute atomic E-state index is 0.000416. The van der Waals surface area contributed by atoms with Gasteiger partial charge >= 0.3 is 0 Å². The van der Waals surface area contributed by atoms with Crippen LogP contribution < -0.4 is 0 Å². The average Bonchev–Trinajstić information content (AvgIpc) is 3.46. The van der Waals surface area contributed by atoms with Gasteiger partial charge < -0.3 is 9.80 Å². The molecular formula is C19H22N4O2. The van der Waals surface area contributed by atoms with E-state index < -0.39 is 0 Å². The molecule has 1 saturated heterocycles. The van der Waals surface area contributed by atoms with Gasteiger partial charge in [0, 0.05) is 37.7 Å². The second-order valence-corrected chi connectivity index (χ2v) is 6.99. The third-order valence-electron chi connectivity index (χ3n) is 5.13. The summed E-state index contributed by atoms with van der Waals surface area (Å²) in [5.74, 6) is 0.507. The number of hydrogen-bond acceptors (Lipinski definition) is 4. The van der Waals surface area contributed by atoms with Crippen LogP contribution in [0, 0.1) is 19.8 Å². The Morgan fingerprint density at radius 2 is 1.52 bits per heavy atom. The molecule has 1 aliphatic heterocycles.